The summed E-state index contributed by atoms with van der Waals surface area (Å²) < 4.78 is 11.4. The van der Waals surface area contributed by atoms with Crippen LogP contribution in [0, 0.1) is 6.92 Å². The molecule has 0 amide bonds. The van der Waals surface area contributed by atoms with Gasteiger partial charge in [-0.2, -0.15) is 0 Å². The molecule has 3 aromatic carbocycles. The number of carbonyl (C=O) groups excluding carboxylic acids is 1. The van der Waals surface area contributed by atoms with Gasteiger partial charge in [0.15, 0.2) is 0 Å². The van der Waals surface area contributed by atoms with Crippen LogP contribution in [0.3, 0.4) is 0 Å². The minimum Gasteiger partial charge on any atom is -0.449 e. The quantitative estimate of drug-likeness (QED) is 0.360. The lowest BCUT2D eigenvalue weighted by Gasteiger charge is -2.09. The largest absolute Gasteiger partial charge is 0.449 e. The number of ether oxygens (including phenoxy) is 1. The number of rotatable bonds is 4. The van der Waals surface area contributed by atoms with Crippen LogP contribution in [0.25, 0.3) is 11.0 Å². The minimum atomic E-state index is -0.473. The molecule has 0 fully saturated rings. The number of esters is 1. The highest BCUT2D eigenvalue weighted by molar-refractivity contribution is 5.96. The van der Waals surface area contributed by atoms with Gasteiger partial charge in [0, 0.05) is 17.4 Å². The SMILES string of the molecule is Cc1c(C(=O)Oc2ccccc2Cc2ccccc2)oc2ccccc12. The smallest absolute Gasteiger partial charge is 0.379 e. The van der Waals surface area contributed by atoms with E-state index in [1.165, 1.54) is 0 Å². The molecule has 0 saturated heterocycles. The number of carbonyl (C=O) groups is 1. The normalized spacial score (nSPS) is 10.8. The van der Waals surface area contributed by atoms with Gasteiger partial charge in [0.05, 0.1) is 0 Å². The first-order valence-electron chi connectivity index (χ1n) is 8.54. The molecule has 0 radical (unpaired) electrons. The summed E-state index contributed by atoms with van der Waals surface area (Å²) in [6.07, 6.45) is 0.698. The Morgan fingerprint density at radius 3 is 2.38 bits per heavy atom. The lowest BCUT2D eigenvalue weighted by molar-refractivity contribution is 0.0701. The van der Waals surface area contributed by atoms with E-state index in [2.05, 4.69) is 12.1 Å². The molecule has 0 saturated carbocycles. The lowest BCUT2D eigenvalue weighted by Crippen LogP contribution is -2.10. The zero-order chi connectivity index (χ0) is 17.9. The van der Waals surface area contributed by atoms with E-state index in [1.54, 1.807) is 0 Å². The third-order valence-corrected chi connectivity index (χ3v) is 4.44. The molecule has 3 nitrogen and oxygen atoms in total. The number of aryl methyl sites for hydroxylation is 1. The second kappa shape index (κ2) is 6.89. The average Bonchev–Trinajstić information content (AvgIpc) is 3.01. The molecule has 0 aliphatic heterocycles. The summed E-state index contributed by atoms with van der Waals surface area (Å²) in [6, 6.07) is 25.3. The zero-order valence-corrected chi connectivity index (χ0v) is 14.4. The number of benzene rings is 3. The van der Waals surface area contributed by atoms with Gasteiger partial charge in [-0.3, -0.25) is 0 Å². The predicted molar refractivity (Wildman–Crippen MR) is 102 cm³/mol. The summed E-state index contributed by atoms with van der Waals surface area (Å²) >= 11 is 0. The molecule has 0 aliphatic rings. The van der Waals surface area contributed by atoms with Crippen LogP contribution in [0.5, 0.6) is 5.75 Å². The van der Waals surface area contributed by atoms with E-state index in [-0.39, 0.29) is 5.76 Å². The van der Waals surface area contributed by atoms with Gasteiger partial charge in [-0.05, 0) is 30.2 Å². The van der Waals surface area contributed by atoms with Crippen molar-refractivity contribution in [2.75, 3.05) is 0 Å². The van der Waals surface area contributed by atoms with Gasteiger partial charge in [0.25, 0.3) is 0 Å². The van der Waals surface area contributed by atoms with E-state index >= 15 is 0 Å². The molecular formula is C23H18O3. The van der Waals surface area contributed by atoms with Crippen molar-refractivity contribution in [3.63, 3.8) is 0 Å². The Morgan fingerprint density at radius 1 is 0.885 bits per heavy atom. The highest BCUT2D eigenvalue weighted by Gasteiger charge is 2.20. The van der Waals surface area contributed by atoms with Gasteiger partial charge in [-0.1, -0.05) is 66.7 Å². The molecule has 0 atom stereocenters. The van der Waals surface area contributed by atoms with Crippen LogP contribution >= 0.6 is 0 Å². The Labute approximate surface area is 151 Å². The Balaban J connectivity index is 1.62. The van der Waals surface area contributed by atoms with Crippen molar-refractivity contribution in [2.24, 2.45) is 0 Å². The Kier molecular flexibility index (Phi) is 4.28. The fourth-order valence-electron chi connectivity index (χ4n) is 3.08. The van der Waals surface area contributed by atoms with Crippen LogP contribution in [-0.4, -0.2) is 5.97 Å². The Morgan fingerprint density at radius 2 is 1.58 bits per heavy atom. The molecule has 4 aromatic rings. The van der Waals surface area contributed by atoms with Gasteiger partial charge in [0.1, 0.15) is 11.3 Å². The van der Waals surface area contributed by atoms with Gasteiger partial charge >= 0.3 is 5.97 Å². The fraction of sp³-hybridized carbons (Fsp3) is 0.0870. The van der Waals surface area contributed by atoms with Crippen LogP contribution in [-0.2, 0) is 6.42 Å². The van der Waals surface area contributed by atoms with E-state index in [0.717, 1.165) is 22.1 Å². The topological polar surface area (TPSA) is 39.4 Å². The van der Waals surface area contributed by atoms with Crippen LogP contribution in [0.2, 0.25) is 0 Å². The summed E-state index contributed by atoms with van der Waals surface area (Å²) in [4.78, 5) is 12.7. The fourth-order valence-corrected chi connectivity index (χ4v) is 3.08. The molecule has 0 bridgehead atoms. The van der Waals surface area contributed by atoms with E-state index in [9.17, 15) is 4.79 Å². The molecule has 0 spiro atoms. The highest BCUT2D eigenvalue weighted by atomic mass is 16.5. The first kappa shape index (κ1) is 16.2. The molecule has 1 aromatic heterocycles. The molecule has 0 unspecified atom stereocenters. The van der Waals surface area contributed by atoms with Crippen molar-refractivity contribution >= 4 is 16.9 Å². The molecule has 3 heteroatoms. The van der Waals surface area contributed by atoms with Gasteiger partial charge < -0.3 is 9.15 Å². The number of hydrogen-bond donors (Lipinski definition) is 0. The average molecular weight is 342 g/mol. The third kappa shape index (κ3) is 3.11. The van der Waals surface area contributed by atoms with E-state index in [0.29, 0.717) is 17.8 Å². The lowest BCUT2D eigenvalue weighted by atomic mass is 10.0. The maximum Gasteiger partial charge on any atom is 0.379 e. The Hall–Kier alpha value is -3.33. The third-order valence-electron chi connectivity index (χ3n) is 4.44. The van der Waals surface area contributed by atoms with E-state index in [4.69, 9.17) is 9.15 Å². The molecule has 128 valence electrons. The minimum absolute atomic E-state index is 0.251. The van der Waals surface area contributed by atoms with Crippen molar-refractivity contribution in [3.05, 3.63) is 101 Å². The van der Waals surface area contributed by atoms with Gasteiger partial charge in [0.2, 0.25) is 5.76 Å². The van der Waals surface area contributed by atoms with Crippen molar-refractivity contribution in [2.45, 2.75) is 13.3 Å². The van der Waals surface area contributed by atoms with Crippen LogP contribution in [0.15, 0.2) is 83.3 Å². The maximum atomic E-state index is 12.7. The molecule has 1 heterocycles. The molecule has 0 N–H and O–H groups in total. The second-order valence-corrected chi connectivity index (χ2v) is 6.21. The summed E-state index contributed by atoms with van der Waals surface area (Å²) in [5.41, 5.74) is 3.61. The number of hydrogen-bond acceptors (Lipinski definition) is 3. The molecule has 4 rings (SSSR count). The maximum absolute atomic E-state index is 12.7. The number of para-hydroxylation sites is 2. The first-order chi connectivity index (χ1) is 12.7. The number of furan rings is 1. The monoisotopic (exact) mass is 342 g/mol. The highest BCUT2D eigenvalue weighted by Crippen LogP contribution is 2.27. The van der Waals surface area contributed by atoms with Crippen molar-refractivity contribution in [1.82, 2.24) is 0 Å². The van der Waals surface area contributed by atoms with Crippen molar-refractivity contribution in [3.8, 4) is 5.75 Å². The van der Waals surface area contributed by atoms with E-state index in [1.807, 2.05) is 73.7 Å². The molecule has 0 aliphatic carbocycles. The summed E-state index contributed by atoms with van der Waals surface area (Å²) in [5, 5.41) is 0.928. The first-order valence-corrected chi connectivity index (χ1v) is 8.54. The summed E-state index contributed by atoms with van der Waals surface area (Å²) in [5.74, 6) is 0.334. The van der Waals surface area contributed by atoms with E-state index < -0.39 is 5.97 Å². The van der Waals surface area contributed by atoms with Crippen LogP contribution < -0.4 is 4.74 Å². The van der Waals surface area contributed by atoms with Gasteiger partial charge in [-0.25, -0.2) is 4.79 Å². The summed E-state index contributed by atoms with van der Waals surface area (Å²) in [7, 11) is 0. The van der Waals surface area contributed by atoms with Crippen molar-refractivity contribution in [1.29, 1.82) is 0 Å². The van der Waals surface area contributed by atoms with Crippen molar-refractivity contribution < 1.29 is 13.9 Å². The molecule has 26 heavy (non-hydrogen) atoms. The zero-order valence-electron chi connectivity index (χ0n) is 14.4. The predicted octanol–water partition coefficient (Wildman–Crippen LogP) is 5.55. The van der Waals surface area contributed by atoms with Crippen LogP contribution in [0.4, 0.5) is 0 Å². The van der Waals surface area contributed by atoms with Crippen LogP contribution in [0.1, 0.15) is 27.2 Å². The summed E-state index contributed by atoms with van der Waals surface area (Å²) in [6.45, 7) is 1.87. The number of fused-ring (bicyclic) bond motifs is 1. The second-order valence-electron chi connectivity index (χ2n) is 6.21. The Bertz CT molecular complexity index is 1060. The molecular weight excluding hydrogens is 324 g/mol. The standard InChI is InChI=1S/C23H18O3/c1-16-19-12-6-8-14-21(19)25-22(16)23(24)26-20-13-7-5-11-18(20)15-17-9-3-2-4-10-17/h2-14H,15H2,1H3. The van der Waals surface area contributed by atoms with Gasteiger partial charge in [-0.15, -0.1) is 0 Å².